The van der Waals surface area contributed by atoms with E-state index in [1.54, 1.807) is 0 Å². The highest BCUT2D eigenvalue weighted by Gasteiger charge is 2.34. The highest BCUT2D eigenvalue weighted by atomic mass is 16.4. The van der Waals surface area contributed by atoms with Crippen LogP contribution >= 0.6 is 0 Å². The predicted molar refractivity (Wildman–Crippen MR) is 108 cm³/mol. The number of primary amides is 1. The number of amides is 4. The summed E-state index contributed by atoms with van der Waals surface area (Å²) in [5.41, 5.74) is 5.78. The van der Waals surface area contributed by atoms with Crippen molar-refractivity contribution in [3.63, 3.8) is 0 Å². The van der Waals surface area contributed by atoms with Crippen LogP contribution in [0, 0.1) is 0 Å². The molecule has 2 rings (SSSR count). The van der Waals surface area contributed by atoms with E-state index in [9.17, 15) is 39.3 Å². The summed E-state index contributed by atoms with van der Waals surface area (Å²) in [7, 11) is 0. The molecule has 0 aliphatic heterocycles. The number of rotatable bonds is 8. The Bertz CT molecular complexity index is 943. The average molecular weight is 447 g/mol. The monoisotopic (exact) mass is 447 g/mol. The molecule has 172 valence electrons. The van der Waals surface area contributed by atoms with Gasteiger partial charge in [-0.05, 0) is 31.2 Å². The molecule has 7 N–H and O–H groups in total. The normalized spacial score (nSPS) is 21.0. The molecule has 1 aliphatic rings. The second-order valence-electron chi connectivity index (χ2n) is 7.22. The first-order valence-corrected chi connectivity index (χ1v) is 9.53. The van der Waals surface area contributed by atoms with Gasteiger partial charge in [0.15, 0.2) is 5.78 Å². The third-order valence-corrected chi connectivity index (χ3v) is 4.73. The van der Waals surface area contributed by atoms with Crippen LogP contribution in [-0.2, 0) is 14.4 Å². The van der Waals surface area contributed by atoms with Gasteiger partial charge < -0.3 is 41.8 Å². The number of carboxylic acid groups (broad SMARTS) is 1. The van der Waals surface area contributed by atoms with E-state index in [1.165, 1.54) is 37.3 Å². The van der Waals surface area contributed by atoms with Gasteiger partial charge in [0.1, 0.15) is 12.1 Å². The van der Waals surface area contributed by atoms with Crippen molar-refractivity contribution in [2.24, 2.45) is 5.73 Å². The van der Waals surface area contributed by atoms with Crippen LogP contribution in [0.4, 0.5) is 10.5 Å². The van der Waals surface area contributed by atoms with Crippen molar-refractivity contribution in [2.75, 3.05) is 5.32 Å². The minimum Gasteiger partial charge on any atom is -0.550 e. The number of ketones is 1. The number of carbonyl (C=O) groups excluding carboxylic acids is 5. The molecule has 0 saturated heterocycles. The van der Waals surface area contributed by atoms with Crippen LogP contribution in [-0.4, -0.2) is 64.1 Å². The number of carbonyl (C=O) groups is 5. The second-order valence-corrected chi connectivity index (χ2v) is 7.22. The first-order valence-electron chi connectivity index (χ1n) is 9.53. The van der Waals surface area contributed by atoms with Gasteiger partial charge in [0.25, 0.3) is 0 Å². The van der Waals surface area contributed by atoms with E-state index in [0.717, 1.165) is 0 Å². The molecular formula is C20H23N4O8-. The number of aliphatic carboxylic acids is 1. The van der Waals surface area contributed by atoms with Crippen LogP contribution in [0.1, 0.15) is 30.1 Å². The summed E-state index contributed by atoms with van der Waals surface area (Å²) < 4.78 is 0. The van der Waals surface area contributed by atoms with Gasteiger partial charge in [0, 0.05) is 35.6 Å². The summed E-state index contributed by atoms with van der Waals surface area (Å²) in [6.07, 6.45) is -2.83. The lowest BCUT2D eigenvalue weighted by Gasteiger charge is -2.31. The minimum absolute atomic E-state index is 0.0940. The first-order chi connectivity index (χ1) is 15.0. The molecule has 12 nitrogen and oxygen atoms in total. The van der Waals surface area contributed by atoms with E-state index in [4.69, 9.17) is 5.73 Å². The van der Waals surface area contributed by atoms with Crippen molar-refractivity contribution in [2.45, 2.75) is 44.1 Å². The molecule has 1 aromatic rings. The Morgan fingerprint density at radius 3 is 2.31 bits per heavy atom. The van der Waals surface area contributed by atoms with E-state index < -0.39 is 54.5 Å². The molecular weight excluding hydrogens is 424 g/mol. The maximum absolute atomic E-state index is 12.4. The number of nitrogens with one attached hydrogen (secondary N) is 3. The molecule has 0 radical (unpaired) electrons. The summed E-state index contributed by atoms with van der Waals surface area (Å²) >= 11 is 0. The van der Waals surface area contributed by atoms with Crippen LogP contribution in [0.2, 0.25) is 0 Å². The number of aliphatic hydroxyl groups excluding tert-OH is 2. The Morgan fingerprint density at radius 1 is 1.16 bits per heavy atom. The number of urea groups is 1. The van der Waals surface area contributed by atoms with Crippen molar-refractivity contribution in [3.8, 4) is 0 Å². The second kappa shape index (κ2) is 10.5. The Hall–Kier alpha value is -3.77. The topological polar surface area (TPSA) is 211 Å². The molecule has 0 saturated carbocycles. The lowest BCUT2D eigenvalue weighted by atomic mass is 9.90. The van der Waals surface area contributed by atoms with Crippen molar-refractivity contribution in [3.05, 3.63) is 41.5 Å². The van der Waals surface area contributed by atoms with Crippen molar-refractivity contribution >= 4 is 35.3 Å². The highest BCUT2D eigenvalue weighted by molar-refractivity contribution is 5.98. The molecule has 0 heterocycles. The van der Waals surface area contributed by atoms with Crippen LogP contribution in [0.25, 0.3) is 0 Å². The van der Waals surface area contributed by atoms with Crippen molar-refractivity contribution < 1.29 is 39.3 Å². The minimum atomic E-state index is -1.60. The zero-order chi connectivity index (χ0) is 24.0. The van der Waals surface area contributed by atoms with Gasteiger partial charge >= 0.3 is 6.03 Å². The van der Waals surface area contributed by atoms with Gasteiger partial charge in [-0.2, -0.15) is 0 Å². The van der Waals surface area contributed by atoms with Gasteiger partial charge in [-0.25, -0.2) is 4.79 Å². The summed E-state index contributed by atoms with van der Waals surface area (Å²) in [4.78, 5) is 58.0. The summed E-state index contributed by atoms with van der Waals surface area (Å²) in [5.74, 6) is -3.73. The third kappa shape index (κ3) is 6.62. The van der Waals surface area contributed by atoms with E-state index in [0.29, 0.717) is 11.3 Å². The van der Waals surface area contributed by atoms with Gasteiger partial charge in [0.2, 0.25) is 11.8 Å². The van der Waals surface area contributed by atoms with Crippen molar-refractivity contribution in [1.82, 2.24) is 10.6 Å². The number of nitrogens with two attached hydrogens (primary N) is 1. The SMILES string of the molecule is CC(=O)c1ccc(NC(=O)N[C@@H]2C=C(C(=O)N[C@H](CC(=O)[O-])C(N)=O)C[C@@H](O)[C@@H]2O)cc1. The van der Waals surface area contributed by atoms with Crippen LogP contribution < -0.4 is 26.8 Å². The van der Waals surface area contributed by atoms with E-state index in [1.807, 2.05) is 0 Å². The van der Waals surface area contributed by atoms with Crippen LogP contribution in [0.5, 0.6) is 0 Å². The predicted octanol–water partition coefficient (Wildman–Crippen LogP) is -2.46. The van der Waals surface area contributed by atoms with Gasteiger partial charge in [-0.15, -0.1) is 0 Å². The molecule has 1 aliphatic carbocycles. The lowest BCUT2D eigenvalue weighted by molar-refractivity contribution is -0.306. The largest absolute Gasteiger partial charge is 0.550 e. The van der Waals surface area contributed by atoms with Crippen LogP contribution in [0.3, 0.4) is 0 Å². The number of hydrogen-bond donors (Lipinski definition) is 6. The van der Waals surface area contributed by atoms with Crippen LogP contribution in [0.15, 0.2) is 35.9 Å². The maximum atomic E-state index is 12.4. The fourth-order valence-electron chi connectivity index (χ4n) is 3.01. The number of anilines is 1. The van der Waals surface area contributed by atoms with E-state index >= 15 is 0 Å². The zero-order valence-corrected chi connectivity index (χ0v) is 17.0. The van der Waals surface area contributed by atoms with E-state index in [-0.39, 0.29) is 17.8 Å². The molecule has 1 aromatic carbocycles. The molecule has 32 heavy (non-hydrogen) atoms. The standard InChI is InChI=1S/C20H24N4O8/c1-9(25)10-2-4-12(5-3-10)22-20(32)24-13-6-11(7-15(26)17(13)29)19(31)23-14(18(21)30)8-16(27)28/h2-6,13-15,17,26,29H,7-8H2,1H3,(H2,21,30)(H,23,31)(H,27,28)(H2,22,24,32)/p-1/t13-,14-,15-,17-/m1/s1. The molecule has 4 atom stereocenters. The highest BCUT2D eigenvalue weighted by Crippen LogP contribution is 2.20. The number of carboxylic acids is 1. The molecule has 0 fully saturated rings. The Kier molecular flexibility index (Phi) is 8.04. The smallest absolute Gasteiger partial charge is 0.319 e. The fourth-order valence-corrected chi connectivity index (χ4v) is 3.01. The molecule has 12 heteroatoms. The summed E-state index contributed by atoms with van der Waals surface area (Å²) in [6, 6.07) is 2.55. The third-order valence-electron chi connectivity index (χ3n) is 4.73. The first kappa shape index (κ1) is 24.5. The number of Topliss-reactive ketones (excluding diaryl/α,β-unsaturated/α-hetero) is 1. The average Bonchev–Trinajstić information content (AvgIpc) is 2.70. The quantitative estimate of drug-likeness (QED) is 0.235. The zero-order valence-electron chi connectivity index (χ0n) is 17.0. The Balaban J connectivity index is 2.09. The van der Waals surface area contributed by atoms with Gasteiger partial charge in [0.05, 0.1) is 12.1 Å². The molecule has 0 bridgehead atoms. The fraction of sp³-hybridized carbons (Fsp3) is 0.350. The molecule has 4 amide bonds. The summed E-state index contributed by atoms with van der Waals surface area (Å²) in [5, 5.41) is 38.0. The summed E-state index contributed by atoms with van der Waals surface area (Å²) in [6.45, 7) is 1.40. The van der Waals surface area contributed by atoms with E-state index in [2.05, 4.69) is 16.0 Å². The number of hydrogen-bond acceptors (Lipinski definition) is 8. The lowest BCUT2D eigenvalue weighted by Crippen LogP contribution is -2.53. The van der Waals surface area contributed by atoms with Gasteiger partial charge in [-0.3, -0.25) is 14.4 Å². The molecule has 0 spiro atoms. The maximum Gasteiger partial charge on any atom is 0.319 e. The number of benzene rings is 1. The van der Waals surface area contributed by atoms with Crippen molar-refractivity contribution in [1.29, 1.82) is 0 Å². The Morgan fingerprint density at radius 2 is 1.78 bits per heavy atom. The van der Waals surface area contributed by atoms with Gasteiger partial charge in [-0.1, -0.05) is 6.08 Å². The molecule has 0 unspecified atom stereocenters. The molecule has 0 aromatic heterocycles. The Labute approximate surface area is 182 Å². The number of aliphatic hydroxyl groups is 2.